The molecule has 6 rings (SSSR count). The van der Waals surface area contributed by atoms with Gasteiger partial charge < -0.3 is 115 Å². The van der Waals surface area contributed by atoms with Crippen molar-refractivity contribution in [2.24, 2.45) is 0 Å². The Balaban J connectivity index is 0.00000631. The minimum absolute atomic E-state index is 0. The van der Waals surface area contributed by atoms with Crippen LogP contribution in [0.1, 0.15) is 219 Å². The summed E-state index contributed by atoms with van der Waals surface area (Å²) in [5, 5.41) is 0. The number of aryl methyl sites for hydroxylation is 4. The van der Waals surface area contributed by atoms with Crippen LogP contribution in [0.3, 0.4) is 0 Å². The second-order valence-corrected chi connectivity index (χ2v) is 27.2. The van der Waals surface area contributed by atoms with Gasteiger partial charge >= 0.3 is 0 Å². The largest absolute Gasteiger partial charge is 1.00 e. The van der Waals surface area contributed by atoms with Crippen molar-refractivity contribution in [3.05, 3.63) is 168 Å². The summed E-state index contributed by atoms with van der Waals surface area (Å²) in [6.07, 6.45) is 40.0. The van der Waals surface area contributed by atoms with Crippen LogP contribution in [0.2, 0.25) is 0 Å². The number of halogens is 4. The van der Waals surface area contributed by atoms with Crippen molar-refractivity contribution >= 4 is 12.2 Å². The van der Waals surface area contributed by atoms with Crippen LogP contribution < -0.4 is 133 Å². The molecule has 0 aliphatic carbocycles. The number of hydrogen-bond acceptors (Lipinski definition) is 4. The number of unbranched alkanes of at least 4 members (excludes halogenated alkanes) is 12. The molecule has 0 spiro atoms. The van der Waals surface area contributed by atoms with Crippen molar-refractivity contribution in [3.8, 4) is 23.0 Å². The Hall–Kier alpha value is -3.10. The van der Waals surface area contributed by atoms with Gasteiger partial charge in [-0.15, -0.1) is 0 Å². The smallest absolute Gasteiger partial charge is 0.169 e. The average Bonchev–Trinajstić information content (AvgIpc) is 3.52. The third-order valence-electron chi connectivity index (χ3n) is 15.6. The number of hydrogen-bond donors (Lipinski definition) is 0. The summed E-state index contributed by atoms with van der Waals surface area (Å²) in [5.41, 5.74) is 8.25. The zero-order valence-corrected chi connectivity index (χ0v) is 63.4. The summed E-state index contributed by atoms with van der Waals surface area (Å²) < 4.78 is 35.2. The van der Waals surface area contributed by atoms with Crippen molar-refractivity contribution in [1.82, 2.24) is 0 Å². The molecular formula is C74H108I4N4O4. The second kappa shape index (κ2) is 40.6. The molecule has 476 valence electrons. The number of aromatic nitrogens is 4. The third-order valence-corrected chi connectivity index (χ3v) is 15.6. The van der Waals surface area contributed by atoms with Gasteiger partial charge in [0.05, 0.1) is 26.4 Å². The highest BCUT2D eigenvalue weighted by atomic mass is 127. The Morgan fingerprint density at radius 2 is 0.453 bits per heavy atom. The van der Waals surface area contributed by atoms with Gasteiger partial charge in [-0.2, -0.15) is 0 Å². The molecule has 2 aromatic carbocycles. The van der Waals surface area contributed by atoms with Gasteiger partial charge in [0.2, 0.25) is 0 Å². The van der Waals surface area contributed by atoms with Gasteiger partial charge in [-0.1, -0.05) is 95.2 Å². The lowest BCUT2D eigenvalue weighted by molar-refractivity contribution is -0.697. The molecule has 86 heavy (non-hydrogen) atoms. The molecule has 0 N–H and O–H groups in total. The summed E-state index contributed by atoms with van der Waals surface area (Å²) in [7, 11) is 0. The number of pyridine rings is 4. The summed E-state index contributed by atoms with van der Waals surface area (Å²) >= 11 is 0. The molecule has 12 heteroatoms. The number of nitrogens with zero attached hydrogens (tertiary/aromatic N) is 4. The van der Waals surface area contributed by atoms with E-state index in [2.05, 4.69) is 248 Å². The highest BCUT2D eigenvalue weighted by Crippen LogP contribution is 2.29. The molecule has 0 bridgehead atoms. The molecule has 0 radical (unpaired) electrons. The fourth-order valence-corrected chi connectivity index (χ4v) is 10.1. The molecule has 0 fully saturated rings. The molecule has 0 aliphatic rings. The van der Waals surface area contributed by atoms with Gasteiger partial charge in [-0.3, -0.25) is 0 Å². The molecule has 0 amide bonds. The first-order valence-electron chi connectivity index (χ1n) is 31.7. The SMILES string of the molecule is CC(C)(C)c1cc[n+](CCCCCCOc2cc(/C=C/c3cc(OCCCCCC[n+]4ccc(C(C)(C)C)cc4)cc(OCCCCCC[n+]4ccc(C(C)(C)C)cc4)c3)cc(OCCCCCC[n+]3ccc(C(C)(C)C)cc3)c2)cc1.[I-].[I-].[I-].[I-]. The molecule has 0 saturated heterocycles. The maximum atomic E-state index is 6.49. The fourth-order valence-electron chi connectivity index (χ4n) is 10.1. The maximum Gasteiger partial charge on any atom is 0.169 e. The predicted octanol–water partition coefficient (Wildman–Crippen LogP) is 4.77. The van der Waals surface area contributed by atoms with Crippen molar-refractivity contribution in [2.75, 3.05) is 26.4 Å². The van der Waals surface area contributed by atoms with E-state index in [-0.39, 0.29) is 118 Å². The van der Waals surface area contributed by atoms with Gasteiger partial charge in [-0.05, 0) is 156 Å². The molecule has 0 aliphatic heterocycles. The Morgan fingerprint density at radius 1 is 0.267 bits per heavy atom. The van der Waals surface area contributed by atoms with Crippen LogP contribution in [0.15, 0.2) is 135 Å². The van der Waals surface area contributed by atoms with Gasteiger partial charge in [0.15, 0.2) is 49.6 Å². The van der Waals surface area contributed by atoms with Gasteiger partial charge in [0.1, 0.15) is 49.2 Å². The Morgan fingerprint density at radius 3 is 0.640 bits per heavy atom. The minimum Gasteiger partial charge on any atom is -1.00 e. The Labute approximate surface area is 590 Å². The van der Waals surface area contributed by atoms with E-state index in [1.54, 1.807) is 0 Å². The number of rotatable bonds is 34. The Bertz CT molecular complexity index is 2430. The van der Waals surface area contributed by atoms with E-state index in [1.165, 1.54) is 47.9 Å². The molecule has 0 unspecified atom stereocenters. The lowest BCUT2D eigenvalue weighted by Crippen LogP contribution is -3.00. The third kappa shape index (κ3) is 30.6. The number of benzene rings is 2. The summed E-state index contributed by atoms with van der Waals surface area (Å²) in [6, 6.07) is 30.8. The maximum absolute atomic E-state index is 6.49. The van der Waals surface area contributed by atoms with Crippen LogP contribution in [0.25, 0.3) is 12.2 Å². The average molecular weight is 1630 g/mol. The van der Waals surface area contributed by atoms with Crippen LogP contribution in [0.5, 0.6) is 23.0 Å². The Kier molecular flexibility index (Phi) is 37.3. The van der Waals surface area contributed by atoms with Crippen LogP contribution in [0.4, 0.5) is 0 Å². The van der Waals surface area contributed by atoms with Gasteiger partial charge in [-0.25, -0.2) is 18.3 Å². The first-order chi connectivity index (χ1) is 39.2. The summed E-state index contributed by atoms with van der Waals surface area (Å²) in [6.45, 7) is 34.1. The highest BCUT2D eigenvalue weighted by molar-refractivity contribution is 5.72. The lowest BCUT2D eigenvalue weighted by atomic mass is 9.88. The second-order valence-electron chi connectivity index (χ2n) is 27.2. The van der Waals surface area contributed by atoms with Crippen LogP contribution in [0, 0.1) is 0 Å². The topological polar surface area (TPSA) is 52.4 Å². The molecular weight excluding hydrogens is 1520 g/mol. The molecule has 0 saturated carbocycles. The van der Waals surface area contributed by atoms with Crippen molar-refractivity contribution in [1.29, 1.82) is 0 Å². The number of ether oxygens (including phenoxy) is 4. The summed E-state index contributed by atoms with van der Waals surface area (Å²) in [5.74, 6) is 3.38. The zero-order chi connectivity index (χ0) is 58.9. The molecule has 6 aromatic rings. The highest BCUT2D eigenvalue weighted by Gasteiger charge is 2.18. The quantitative estimate of drug-likeness (QED) is 0.0253. The van der Waals surface area contributed by atoms with Crippen LogP contribution >= 0.6 is 0 Å². The van der Waals surface area contributed by atoms with Crippen LogP contribution in [-0.4, -0.2) is 26.4 Å². The molecule has 8 nitrogen and oxygen atoms in total. The molecule has 4 heterocycles. The van der Waals surface area contributed by atoms with E-state index in [1.807, 2.05) is 0 Å². The molecule has 0 atom stereocenters. The lowest BCUT2D eigenvalue weighted by Gasteiger charge is -2.17. The first-order valence-corrected chi connectivity index (χ1v) is 31.7. The van der Waals surface area contributed by atoms with E-state index < -0.39 is 0 Å². The monoisotopic (exact) mass is 1620 g/mol. The summed E-state index contributed by atoms with van der Waals surface area (Å²) in [4.78, 5) is 0. The standard InChI is InChI=1S/C74H108N4O4.4HI/c1-71(2,3)63-31-43-75(44-32-63)39-21-13-17-25-51-79-67-55-61(56-68(59-67)80-52-26-18-14-22-40-76-45-33-64(34-46-76)72(4,5)6)29-30-62-57-69(81-53-27-19-15-23-41-77-47-35-65(36-48-77)73(7,8)9)60-70(58-62)82-54-28-20-16-24-42-78-49-37-66(38-50-78)74(10,11)12;;;;/h29-38,43-50,55-60H,13-28,39-42,51-54H2,1-12H3;4*1H/q+4;;;;/p-4/b30-29+;;;;. The fraction of sp³-hybridized carbons (Fsp3) is 0.541. The van der Waals surface area contributed by atoms with E-state index in [4.69, 9.17) is 18.9 Å². The van der Waals surface area contributed by atoms with E-state index in [9.17, 15) is 0 Å². The normalized spacial score (nSPS) is 11.7. The van der Waals surface area contributed by atoms with E-state index in [0.29, 0.717) is 26.4 Å². The van der Waals surface area contributed by atoms with E-state index in [0.717, 1.165) is 137 Å². The zero-order valence-electron chi connectivity index (χ0n) is 54.8. The van der Waals surface area contributed by atoms with Gasteiger partial charge in [0, 0.05) is 86.3 Å². The van der Waals surface area contributed by atoms with Crippen molar-refractivity contribution in [3.63, 3.8) is 0 Å². The van der Waals surface area contributed by atoms with E-state index >= 15 is 0 Å². The molecule has 4 aromatic heterocycles. The van der Waals surface area contributed by atoms with Gasteiger partial charge in [0.25, 0.3) is 0 Å². The first kappa shape index (κ1) is 79.0. The van der Waals surface area contributed by atoms with Crippen LogP contribution in [-0.2, 0) is 47.8 Å². The van der Waals surface area contributed by atoms with Crippen molar-refractivity contribution in [2.45, 2.75) is 234 Å². The predicted molar refractivity (Wildman–Crippen MR) is 339 cm³/mol. The minimum atomic E-state index is 0. The van der Waals surface area contributed by atoms with Crippen molar-refractivity contribution < 1.29 is 133 Å².